The van der Waals surface area contributed by atoms with Gasteiger partial charge in [0.05, 0.1) is 3.79 Å². The van der Waals surface area contributed by atoms with Crippen LogP contribution in [0.5, 0.6) is 0 Å². The standard InChI is InChI=1S/C9H12BrNS/c1-9(2)5-11-8(9)6-3-4-7(10)12-6/h3-4,8,11H,5H2,1-2H3. The zero-order valence-corrected chi connectivity index (χ0v) is 9.63. The Morgan fingerprint density at radius 2 is 2.33 bits per heavy atom. The molecule has 1 nitrogen and oxygen atoms in total. The third kappa shape index (κ3) is 1.34. The number of hydrogen-bond acceptors (Lipinski definition) is 2. The van der Waals surface area contributed by atoms with Crippen molar-refractivity contribution >= 4 is 27.3 Å². The molecule has 1 N–H and O–H groups in total. The maximum absolute atomic E-state index is 3.48. The first-order chi connectivity index (χ1) is 5.59. The molecule has 2 heterocycles. The minimum atomic E-state index is 0.435. The van der Waals surface area contributed by atoms with Gasteiger partial charge in [0.15, 0.2) is 0 Å². The summed E-state index contributed by atoms with van der Waals surface area (Å²) in [4.78, 5) is 1.44. The van der Waals surface area contributed by atoms with Crippen molar-refractivity contribution in [1.29, 1.82) is 0 Å². The molecule has 0 amide bonds. The van der Waals surface area contributed by atoms with Crippen LogP contribution >= 0.6 is 27.3 Å². The molecule has 12 heavy (non-hydrogen) atoms. The lowest BCUT2D eigenvalue weighted by Gasteiger charge is -2.45. The van der Waals surface area contributed by atoms with E-state index >= 15 is 0 Å². The van der Waals surface area contributed by atoms with Gasteiger partial charge < -0.3 is 5.32 Å². The average molecular weight is 246 g/mol. The highest BCUT2D eigenvalue weighted by Gasteiger charge is 2.39. The van der Waals surface area contributed by atoms with Crippen molar-refractivity contribution < 1.29 is 0 Å². The summed E-state index contributed by atoms with van der Waals surface area (Å²) >= 11 is 5.31. The summed E-state index contributed by atoms with van der Waals surface area (Å²) in [6, 6.07) is 4.89. The van der Waals surface area contributed by atoms with Crippen LogP contribution in [0.1, 0.15) is 24.8 Å². The monoisotopic (exact) mass is 245 g/mol. The van der Waals surface area contributed by atoms with E-state index in [1.165, 1.54) is 8.66 Å². The summed E-state index contributed by atoms with van der Waals surface area (Å²) in [7, 11) is 0. The fraction of sp³-hybridized carbons (Fsp3) is 0.556. The molecule has 1 saturated heterocycles. The predicted octanol–water partition coefficient (Wildman–Crippen LogP) is 3.18. The molecule has 2 rings (SSSR count). The van der Waals surface area contributed by atoms with Gasteiger partial charge in [0.25, 0.3) is 0 Å². The summed E-state index contributed by atoms with van der Waals surface area (Å²) in [5.74, 6) is 0. The molecular weight excluding hydrogens is 234 g/mol. The first kappa shape index (κ1) is 8.73. The highest BCUT2D eigenvalue weighted by molar-refractivity contribution is 9.11. The van der Waals surface area contributed by atoms with E-state index in [0.717, 1.165) is 6.54 Å². The van der Waals surface area contributed by atoms with Gasteiger partial charge >= 0.3 is 0 Å². The van der Waals surface area contributed by atoms with Gasteiger partial charge in [0.2, 0.25) is 0 Å². The number of thiophene rings is 1. The molecule has 0 radical (unpaired) electrons. The molecular formula is C9H12BrNS. The van der Waals surface area contributed by atoms with Crippen LogP contribution in [-0.4, -0.2) is 6.54 Å². The van der Waals surface area contributed by atoms with Crippen molar-refractivity contribution in [2.24, 2.45) is 5.41 Å². The van der Waals surface area contributed by atoms with Crippen LogP contribution in [0.2, 0.25) is 0 Å². The molecule has 1 aliphatic heterocycles. The van der Waals surface area contributed by atoms with Gasteiger partial charge in [-0.25, -0.2) is 0 Å². The molecule has 0 spiro atoms. The molecule has 1 fully saturated rings. The van der Waals surface area contributed by atoms with Crippen molar-refractivity contribution in [3.63, 3.8) is 0 Å². The van der Waals surface area contributed by atoms with Crippen LogP contribution in [0.15, 0.2) is 15.9 Å². The fourth-order valence-electron chi connectivity index (χ4n) is 1.58. The highest BCUT2D eigenvalue weighted by Crippen LogP contribution is 2.43. The molecule has 0 bridgehead atoms. The van der Waals surface area contributed by atoms with Crippen molar-refractivity contribution in [3.05, 3.63) is 20.8 Å². The van der Waals surface area contributed by atoms with Crippen LogP contribution < -0.4 is 5.32 Å². The largest absolute Gasteiger partial charge is 0.308 e. The predicted molar refractivity (Wildman–Crippen MR) is 56.5 cm³/mol. The number of nitrogens with one attached hydrogen (secondary N) is 1. The number of rotatable bonds is 1. The topological polar surface area (TPSA) is 12.0 Å². The minimum Gasteiger partial charge on any atom is -0.308 e. The molecule has 1 atom stereocenters. The summed E-state index contributed by atoms with van der Waals surface area (Å²) in [5, 5.41) is 3.45. The van der Waals surface area contributed by atoms with Gasteiger partial charge in [-0.3, -0.25) is 0 Å². The van der Waals surface area contributed by atoms with E-state index in [-0.39, 0.29) is 0 Å². The van der Waals surface area contributed by atoms with E-state index < -0.39 is 0 Å². The Balaban J connectivity index is 2.21. The third-order valence-electron chi connectivity index (χ3n) is 2.42. The Labute approximate surface area is 85.3 Å². The van der Waals surface area contributed by atoms with Crippen LogP contribution in [0, 0.1) is 5.41 Å². The average Bonchev–Trinajstić information content (AvgIpc) is 2.34. The number of halogens is 1. The molecule has 1 aromatic heterocycles. The van der Waals surface area contributed by atoms with Gasteiger partial charge in [-0.05, 0) is 33.5 Å². The summed E-state index contributed by atoms with van der Waals surface area (Å²) in [6.45, 7) is 5.75. The van der Waals surface area contributed by atoms with Crippen LogP contribution in [0.25, 0.3) is 0 Å². The molecule has 1 unspecified atom stereocenters. The Morgan fingerprint density at radius 3 is 2.67 bits per heavy atom. The smallest absolute Gasteiger partial charge is 0.0701 e. The SMILES string of the molecule is CC1(C)CNC1c1ccc(Br)s1. The highest BCUT2D eigenvalue weighted by atomic mass is 79.9. The van der Waals surface area contributed by atoms with E-state index in [0.29, 0.717) is 11.5 Å². The first-order valence-electron chi connectivity index (χ1n) is 4.08. The molecule has 3 heteroatoms. The lowest BCUT2D eigenvalue weighted by atomic mass is 9.76. The van der Waals surface area contributed by atoms with Crippen molar-refractivity contribution in [2.45, 2.75) is 19.9 Å². The second kappa shape index (κ2) is 2.82. The van der Waals surface area contributed by atoms with E-state index in [4.69, 9.17) is 0 Å². The minimum absolute atomic E-state index is 0.435. The van der Waals surface area contributed by atoms with Crippen molar-refractivity contribution in [3.8, 4) is 0 Å². The molecule has 0 aliphatic carbocycles. The normalized spacial score (nSPS) is 26.8. The van der Waals surface area contributed by atoms with Crippen LogP contribution in [-0.2, 0) is 0 Å². The summed E-state index contributed by atoms with van der Waals surface area (Å²) < 4.78 is 1.22. The maximum Gasteiger partial charge on any atom is 0.0701 e. The molecule has 1 aliphatic rings. The van der Waals surface area contributed by atoms with E-state index in [9.17, 15) is 0 Å². The zero-order valence-electron chi connectivity index (χ0n) is 7.23. The third-order valence-corrected chi connectivity index (χ3v) is 4.11. The second-order valence-corrected chi connectivity index (χ2v) is 6.44. The van der Waals surface area contributed by atoms with Crippen LogP contribution in [0.4, 0.5) is 0 Å². The Hall–Kier alpha value is 0.140. The molecule has 66 valence electrons. The molecule has 0 saturated carbocycles. The second-order valence-electron chi connectivity index (χ2n) is 3.94. The summed E-state index contributed by atoms with van der Waals surface area (Å²) in [6.07, 6.45) is 0. The lowest BCUT2D eigenvalue weighted by molar-refractivity contribution is 0.131. The summed E-state index contributed by atoms with van der Waals surface area (Å²) in [5.41, 5.74) is 0.435. The quantitative estimate of drug-likeness (QED) is 0.802. The lowest BCUT2D eigenvalue weighted by Crippen LogP contribution is -2.52. The first-order valence-corrected chi connectivity index (χ1v) is 5.69. The van der Waals surface area contributed by atoms with Crippen LogP contribution in [0.3, 0.4) is 0 Å². The van der Waals surface area contributed by atoms with Crippen molar-refractivity contribution in [1.82, 2.24) is 5.32 Å². The fourth-order valence-corrected chi connectivity index (χ4v) is 3.29. The Bertz CT molecular complexity index is 292. The molecule has 1 aromatic rings. The van der Waals surface area contributed by atoms with Gasteiger partial charge in [0.1, 0.15) is 0 Å². The van der Waals surface area contributed by atoms with Gasteiger partial charge in [0, 0.05) is 17.5 Å². The van der Waals surface area contributed by atoms with E-state index in [1.807, 2.05) is 11.3 Å². The number of hydrogen-bond donors (Lipinski definition) is 1. The molecule has 0 aromatic carbocycles. The van der Waals surface area contributed by atoms with Gasteiger partial charge in [-0.2, -0.15) is 0 Å². The van der Waals surface area contributed by atoms with Crippen molar-refractivity contribution in [2.75, 3.05) is 6.54 Å². The Morgan fingerprint density at radius 1 is 1.58 bits per heavy atom. The van der Waals surface area contributed by atoms with E-state index in [1.54, 1.807) is 0 Å². The van der Waals surface area contributed by atoms with E-state index in [2.05, 4.69) is 47.2 Å². The van der Waals surface area contributed by atoms with Gasteiger partial charge in [-0.1, -0.05) is 13.8 Å². The maximum atomic E-state index is 3.48. The zero-order chi connectivity index (χ0) is 8.77. The van der Waals surface area contributed by atoms with Gasteiger partial charge in [-0.15, -0.1) is 11.3 Å². The Kier molecular flexibility index (Phi) is 2.05.